The van der Waals surface area contributed by atoms with E-state index in [4.69, 9.17) is 24.3 Å². The van der Waals surface area contributed by atoms with Crippen LogP contribution in [0.15, 0.2) is 12.2 Å². The van der Waals surface area contributed by atoms with Crippen molar-refractivity contribution in [1.82, 2.24) is 0 Å². The Bertz CT molecular complexity index is 810. The molecule has 0 rings (SSSR count). The molecule has 3 N–H and O–H groups in total. The van der Waals surface area contributed by atoms with Crippen molar-refractivity contribution in [1.29, 1.82) is 0 Å². The number of nitrogens with two attached hydrogens (primary N) is 1. The van der Waals surface area contributed by atoms with Crippen molar-refractivity contribution in [3.8, 4) is 0 Å². The molecule has 0 saturated carbocycles. The molecular formula is C38H74NO8P. The van der Waals surface area contributed by atoms with E-state index in [9.17, 15) is 19.0 Å². The van der Waals surface area contributed by atoms with Gasteiger partial charge in [0.05, 0.1) is 13.2 Å². The highest BCUT2D eigenvalue weighted by atomic mass is 31.2. The van der Waals surface area contributed by atoms with Gasteiger partial charge in [-0.3, -0.25) is 18.6 Å². The van der Waals surface area contributed by atoms with Gasteiger partial charge in [0.2, 0.25) is 0 Å². The lowest BCUT2D eigenvalue weighted by Crippen LogP contribution is -2.29. The molecule has 0 spiro atoms. The molecule has 0 fully saturated rings. The van der Waals surface area contributed by atoms with Crippen LogP contribution in [0.25, 0.3) is 0 Å². The minimum atomic E-state index is -4.37. The monoisotopic (exact) mass is 704 g/mol. The largest absolute Gasteiger partial charge is 0.472 e. The smallest absolute Gasteiger partial charge is 0.462 e. The summed E-state index contributed by atoms with van der Waals surface area (Å²) in [5.74, 6) is -0.832. The number of ether oxygens (including phenoxy) is 2. The molecule has 0 radical (unpaired) electrons. The van der Waals surface area contributed by atoms with Gasteiger partial charge in [-0.05, 0) is 38.5 Å². The zero-order valence-electron chi connectivity index (χ0n) is 31.0. The fourth-order valence-corrected chi connectivity index (χ4v) is 6.22. The third kappa shape index (κ3) is 34.6. The van der Waals surface area contributed by atoms with Crippen LogP contribution in [0.5, 0.6) is 0 Å². The summed E-state index contributed by atoms with van der Waals surface area (Å²) in [7, 11) is -4.37. The quantitative estimate of drug-likeness (QED) is 0.0280. The SMILES string of the molecule is CCCCCCC/C=C/CCCCCCCC(=O)OC[C@H](COP(=O)(O)OCCN)OC(=O)CCCCCCCCCCCCCCC. The molecule has 0 amide bonds. The van der Waals surface area contributed by atoms with Crippen LogP contribution in [-0.4, -0.2) is 49.3 Å². The number of carbonyl (C=O) groups excluding carboxylic acids is 2. The van der Waals surface area contributed by atoms with Gasteiger partial charge < -0.3 is 20.1 Å². The Morgan fingerprint density at radius 2 is 1.02 bits per heavy atom. The van der Waals surface area contributed by atoms with Gasteiger partial charge in [0.15, 0.2) is 6.10 Å². The third-order valence-corrected chi connectivity index (χ3v) is 9.39. The van der Waals surface area contributed by atoms with Gasteiger partial charge in [-0.2, -0.15) is 0 Å². The number of unbranched alkanes of at least 4 members (excludes halogenated alkanes) is 22. The number of allylic oxidation sites excluding steroid dienone is 2. The van der Waals surface area contributed by atoms with Crippen molar-refractivity contribution in [3.63, 3.8) is 0 Å². The van der Waals surface area contributed by atoms with Gasteiger partial charge in [0.1, 0.15) is 6.61 Å². The summed E-state index contributed by atoms with van der Waals surface area (Å²) in [5.41, 5.74) is 5.33. The lowest BCUT2D eigenvalue weighted by molar-refractivity contribution is -0.161. The second-order valence-corrected chi connectivity index (χ2v) is 14.6. The van der Waals surface area contributed by atoms with Crippen LogP contribution in [-0.2, 0) is 32.7 Å². The molecule has 0 saturated heterocycles. The van der Waals surface area contributed by atoms with E-state index < -0.39 is 26.5 Å². The Kier molecular flexibility index (Phi) is 34.6. The van der Waals surface area contributed by atoms with Crippen molar-refractivity contribution in [2.45, 2.75) is 193 Å². The summed E-state index contributed by atoms with van der Waals surface area (Å²) in [6, 6.07) is 0. The molecule has 0 aliphatic heterocycles. The normalized spacial score (nSPS) is 13.5. The van der Waals surface area contributed by atoms with E-state index in [1.54, 1.807) is 0 Å². The third-order valence-electron chi connectivity index (χ3n) is 8.40. The van der Waals surface area contributed by atoms with E-state index in [1.807, 2.05) is 0 Å². The summed E-state index contributed by atoms with van der Waals surface area (Å²) in [4.78, 5) is 34.7. The minimum Gasteiger partial charge on any atom is -0.462 e. The van der Waals surface area contributed by atoms with Crippen LogP contribution in [0.2, 0.25) is 0 Å². The molecule has 9 nitrogen and oxygen atoms in total. The van der Waals surface area contributed by atoms with Crippen LogP contribution in [0.3, 0.4) is 0 Å². The van der Waals surface area contributed by atoms with Crippen LogP contribution >= 0.6 is 7.82 Å². The second kappa shape index (κ2) is 35.6. The molecule has 2 atom stereocenters. The summed E-state index contributed by atoms with van der Waals surface area (Å²) in [5, 5.41) is 0. The zero-order valence-corrected chi connectivity index (χ0v) is 31.9. The standard InChI is InChI=1S/C38H74NO8P/c1-3-5-7-9-11-13-15-17-19-20-22-24-26-28-30-37(40)44-34-36(35-46-48(42,43)45-33-32-39)47-38(41)31-29-27-25-23-21-18-16-14-12-10-8-6-4-2/h15,17,36H,3-14,16,18-35,39H2,1-2H3,(H,42,43)/b17-15+/t36-/m1/s1. The van der Waals surface area contributed by atoms with Crippen molar-refractivity contribution >= 4 is 19.8 Å². The van der Waals surface area contributed by atoms with Crippen LogP contribution < -0.4 is 5.73 Å². The fraction of sp³-hybridized carbons (Fsp3) is 0.895. The Morgan fingerprint density at radius 1 is 0.604 bits per heavy atom. The first kappa shape index (κ1) is 46.8. The summed E-state index contributed by atoms with van der Waals surface area (Å²) >= 11 is 0. The maximum Gasteiger partial charge on any atom is 0.472 e. The first-order valence-corrected chi connectivity index (χ1v) is 21.2. The van der Waals surface area contributed by atoms with Gasteiger partial charge in [0, 0.05) is 19.4 Å². The molecule has 284 valence electrons. The van der Waals surface area contributed by atoms with Crippen LogP contribution in [0.4, 0.5) is 0 Å². The summed E-state index contributed by atoms with van der Waals surface area (Å²) in [6.07, 6.45) is 33.8. The highest BCUT2D eigenvalue weighted by Crippen LogP contribution is 2.43. The van der Waals surface area contributed by atoms with E-state index in [2.05, 4.69) is 26.0 Å². The van der Waals surface area contributed by atoms with E-state index in [0.717, 1.165) is 51.4 Å². The Balaban J connectivity index is 4.20. The average molecular weight is 704 g/mol. The first-order valence-electron chi connectivity index (χ1n) is 19.7. The van der Waals surface area contributed by atoms with Gasteiger partial charge in [-0.1, -0.05) is 148 Å². The number of phosphoric ester groups is 1. The molecule has 0 bridgehead atoms. The van der Waals surface area contributed by atoms with Gasteiger partial charge >= 0.3 is 19.8 Å². The Labute approximate surface area is 294 Å². The molecule has 10 heteroatoms. The summed E-state index contributed by atoms with van der Waals surface area (Å²) < 4.78 is 32.7. The average Bonchev–Trinajstić information content (AvgIpc) is 3.07. The second-order valence-electron chi connectivity index (χ2n) is 13.2. The maximum absolute atomic E-state index is 12.5. The zero-order chi connectivity index (χ0) is 35.4. The molecule has 0 aliphatic rings. The lowest BCUT2D eigenvalue weighted by atomic mass is 10.0. The number of rotatable bonds is 37. The van der Waals surface area contributed by atoms with Crippen molar-refractivity contribution in [2.24, 2.45) is 5.73 Å². The Hall–Kier alpha value is -1.25. The van der Waals surface area contributed by atoms with E-state index in [0.29, 0.717) is 6.42 Å². The van der Waals surface area contributed by atoms with E-state index >= 15 is 0 Å². The summed E-state index contributed by atoms with van der Waals surface area (Å²) in [6.45, 7) is 3.72. The highest BCUT2D eigenvalue weighted by molar-refractivity contribution is 7.47. The molecule has 48 heavy (non-hydrogen) atoms. The van der Waals surface area contributed by atoms with Gasteiger partial charge in [0.25, 0.3) is 0 Å². The molecule has 0 heterocycles. The highest BCUT2D eigenvalue weighted by Gasteiger charge is 2.25. The van der Waals surface area contributed by atoms with Crippen molar-refractivity contribution in [2.75, 3.05) is 26.4 Å². The molecule has 0 aromatic heterocycles. The number of carbonyl (C=O) groups is 2. The number of esters is 2. The van der Waals surface area contributed by atoms with Crippen LogP contribution in [0.1, 0.15) is 187 Å². The molecule has 0 aliphatic carbocycles. The predicted octanol–water partition coefficient (Wildman–Crippen LogP) is 10.7. The van der Waals surface area contributed by atoms with E-state index in [1.165, 1.54) is 103 Å². The molecule has 1 unspecified atom stereocenters. The number of phosphoric acid groups is 1. The molecule has 0 aromatic carbocycles. The van der Waals surface area contributed by atoms with Gasteiger partial charge in [-0.25, -0.2) is 4.57 Å². The number of hydrogen-bond acceptors (Lipinski definition) is 8. The van der Waals surface area contributed by atoms with Gasteiger partial charge in [-0.15, -0.1) is 0 Å². The molecule has 0 aromatic rings. The predicted molar refractivity (Wildman–Crippen MR) is 197 cm³/mol. The topological polar surface area (TPSA) is 134 Å². The maximum atomic E-state index is 12.5. The number of hydrogen-bond donors (Lipinski definition) is 2. The van der Waals surface area contributed by atoms with Crippen molar-refractivity contribution in [3.05, 3.63) is 12.2 Å². The van der Waals surface area contributed by atoms with Crippen molar-refractivity contribution < 1.29 is 37.6 Å². The first-order chi connectivity index (χ1) is 23.3. The minimum absolute atomic E-state index is 0.0549. The van der Waals surface area contributed by atoms with Crippen LogP contribution in [0, 0.1) is 0 Å². The lowest BCUT2D eigenvalue weighted by Gasteiger charge is -2.19. The molecular weight excluding hydrogens is 629 g/mol. The van der Waals surface area contributed by atoms with E-state index in [-0.39, 0.29) is 38.6 Å². The fourth-order valence-electron chi connectivity index (χ4n) is 5.45. The Morgan fingerprint density at radius 3 is 1.48 bits per heavy atom.